The van der Waals surface area contributed by atoms with Gasteiger partial charge in [-0.15, -0.1) is 0 Å². The van der Waals surface area contributed by atoms with E-state index in [9.17, 15) is 13.2 Å². The number of alkyl halides is 3. The standard InChI is InChI=1S/C7H13F3N2.2C2H6/c1-11-3-4-12(2)6(5-11)7(8,9)10;2*1-2/h6H,3-5H2,1-2H3;2*1-2H3. The molecule has 1 saturated heterocycles. The first kappa shape index (κ1) is 18.1. The third kappa shape index (κ3) is 6.33. The van der Waals surface area contributed by atoms with E-state index >= 15 is 0 Å². The summed E-state index contributed by atoms with van der Waals surface area (Å²) in [6.45, 7) is 9.28. The van der Waals surface area contributed by atoms with E-state index in [1.165, 1.54) is 11.9 Å². The zero-order valence-electron chi connectivity index (χ0n) is 11.2. The van der Waals surface area contributed by atoms with Crippen LogP contribution in [0.1, 0.15) is 27.7 Å². The van der Waals surface area contributed by atoms with Gasteiger partial charge in [0.2, 0.25) is 0 Å². The van der Waals surface area contributed by atoms with E-state index < -0.39 is 12.2 Å². The summed E-state index contributed by atoms with van der Waals surface area (Å²) in [5.74, 6) is 0. The third-order valence-electron chi connectivity index (χ3n) is 2.23. The number of rotatable bonds is 0. The van der Waals surface area contributed by atoms with Crippen LogP contribution < -0.4 is 0 Å². The van der Waals surface area contributed by atoms with Gasteiger partial charge >= 0.3 is 6.18 Å². The molecule has 0 amide bonds. The molecular weight excluding hydrogens is 217 g/mol. The fourth-order valence-corrected chi connectivity index (χ4v) is 1.36. The molecule has 100 valence electrons. The second kappa shape index (κ2) is 8.82. The Morgan fingerprint density at radius 1 is 0.938 bits per heavy atom. The number of piperazine rings is 1. The maximum atomic E-state index is 12.3. The molecular formula is C11H25F3N2. The molecule has 0 N–H and O–H groups in total. The Morgan fingerprint density at radius 2 is 1.38 bits per heavy atom. The van der Waals surface area contributed by atoms with Gasteiger partial charge in [0.25, 0.3) is 0 Å². The first-order valence-corrected chi connectivity index (χ1v) is 5.87. The number of halogens is 3. The van der Waals surface area contributed by atoms with E-state index in [1.54, 1.807) is 11.9 Å². The number of hydrogen-bond acceptors (Lipinski definition) is 2. The maximum Gasteiger partial charge on any atom is 0.405 e. The van der Waals surface area contributed by atoms with Crippen LogP contribution in [0.3, 0.4) is 0 Å². The minimum atomic E-state index is -4.09. The molecule has 0 saturated carbocycles. The summed E-state index contributed by atoms with van der Waals surface area (Å²) < 4.78 is 36.9. The van der Waals surface area contributed by atoms with Crippen molar-refractivity contribution >= 4 is 0 Å². The van der Waals surface area contributed by atoms with Crippen LogP contribution in [-0.2, 0) is 0 Å². The Bertz CT molecular complexity index is 160. The van der Waals surface area contributed by atoms with Crippen molar-refractivity contribution in [2.24, 2.45) is 0 Å². The summed E-state index contributed by atoms with van der Waals surface area (Å²) in [7, 11) is 3.23. The molecule has 1 fully saturated rings. The van der Waals surface area contributed by atoms with Gasteiger partial charge in [0, 0.05) is 19.6 Å². The highest BCUT2D eigenvalue weighted by atomic mass is 19.4. The van der Waals surface area contributed by atoms with Crippen molar-refractivity contribution in [3.8, 4) is 0 Å². The average Bonchev–Trinajstić information content (AvgIpc) is 2.26. The quantitative estimate of drug-likeness (QED) is 0.644. The maximum absolute atomic E-state index is 12.3. The van der Waals surface area contributed by atoms with E-state index in [4.69, 9.17) is 0 Å². The lowest BCUT2D eigenvalue weighted by molar-refractivity contribution is -0.191. The van der Waals surface area contributed by atoms with Crippen LogP contribution in [0.5, 0.6) is 0 Å². The van der Waals surface area contributed by atoms with Crippen molar-refractivity contribution in [3.05, 3.63) is 0 Å². The van der Waals surface area contributed by atoms with Crippen LogP contribution in [-0.4, -0.2) is 55.7 Å². The first-order chi connectivity index (χ1) is 7.41. The topological polar surface area (TPSA) is 6.48 Å². The first-order valence-electron chi connectivity index (χ1n) is 5.87. The lowest BCUT2D eigenvalue weighted by atomic mass is 10.2. The van der Waals surface area contributed by atoms with Crippen LogP contribution >= 0.6 is 0 Å². The third-order valence-corrected chi connectivity index (χ3v) is 2.23. The Kier molecular flexibility index (Phi) is 9.96. The summed E-state index contributed by atoms with van der Waals surface area (Å²) in [5, 5.41) is 0. The molecule has 1 aliphatic rings. The zero-order valence-corrected chi connectivity index (χ0v) is 11.2. The van der Waals surface area contributed by atoms with Crippen LogP contribution in [0.2, 0.25) is 0 Å². The van der Waals surface area contributed by atoms with Crippen molar-refractivity contribution in [2.45, 2.75) is 39.9 Å². The summed E-state index contributed by atoms with van der Waals surface area (Å²) in [5.41, 5.74) is 0. The SMILES string of the molecule is CC.CC.CN1CCN(C)C(C(F)(F)F)C1. The van der Waals surface area contributed by atoms with Gasteiger partial charge in [-0.05, 0) is 14.1 Å². The van der Waals surface area contributed by atoms with Crippen LogP contribution in [0, 0.1) is 0 Å². The fourth-order valence-electron chi connectivity index (χ4n) is 1.36. The Labute approximate surface area is 97.4 Å². The smallest absolute Gasteiger partial charge is 0.303 e. The van der Waals surface area contributed by atoms with Crippen LogP contribution in [0.15, 0.2) is 0 Å². The van der Waals surface area contributed by atoms with Gasteiger partial charge in [-0.25, -0.2) is 0 Å². The Morgan fingerprint density at radius 3 is 1.69 bits per heavy atom. The van der Waals surface area contributed by atoms with E-state index in [0.29, 0.717) is 13.1 Å². The number of likely N-dealkylation sites (N-methyl/N-ethyl adjacent to an activating group) is 2. The summed E-state index contributed by atoms with van der Waals surface area (Å²) >= 11 is 0. The van der Waals surface area contributed by atoms with Crippen molar-refractivity contribution in [2.75, 3.05) is 33.7 Å². The highest BCUT2D eigenvalue weighted by molar-refractivity contribution is 4.83. The van der Waals surface area contributed by atoms with Crippen molar-refractivity contribution in [1.82, 2.24) is 9.80 Å². The second-order valence-electron chi connectivity index (χ2n) is 3.30. The largest absolute Gasteiger partial charge is 0.405 e. The van der Waals surface area contributed by atoms with Gasteiger partial charge in [-0.1, -0.05) is 27.7 Å². The average molecular weight is 242 g/mol. The molecule has 1 rings (SSSR count). The Balaban J connectivity index is 0. The molecule has 0 aliphatic carbocycles. The minimum Gasteiger partial charge on any atom is -0.303 e. The molecule has 0 aromatic heterocycles. The van der Waals surface area contributed by atoms with Crippen LogP contribution in [0.25, 0.3) is 0 Å². The molecule has 1 heterocycles. The monoisotopic (exact) mass is 242 g/mol. The molecule has 0 spiro atoms. The minimum absolute atomic E-state index is 0.0833. The van der Waals surface area contributed by atoms with E-state index in [-0.39, 0.29) is 6.54 Å². The molecule has 1 atom stereocenters. The van der Waals surface area contributed by atoms with E-state index in [2.05, 4.69) is 0 Å². The predicted molar refractivity (Wildman–Crippen MR) is 62.7 cm³/mol. The molecule has 16 heavy (non-hydrogen) atoms. The van der Waals surface area contributed by atoms with Gasteiger partial charge in [-0.3, -0.25) is 4.90 Å². The molecule has 0 aromatic rings. The van der Waals surface area contributed by atoms with Gasteiger partial charge in [0.1, 0.15) is 6.04 Å². The molecule has 1 aliphatic heterocycles. The van der Waals surface area contributed by atoms with Gasteiger partial charge < -0.3 is 4.90 Å². The molecule has 2 nitrogen and oxygen atoms in total. The highest BCUT2D eigenvalue weighted by Crippen LogP contribution is 2.26. The van der Waals surface area contributed by atoms with Crippen LogP contribution in [0.4, 0.5) is 13.2 Å². The van der Waals surface area contributed by atoms with Crippen molar-refractivity contribution in [1.29, 1.82) is 0 Å². The predicted octanol–water partition coefficient (Wildman–Crippen LogP) is 2.85. The highest BCUT2D eigenvalue weighted by Gasteiger charge is 2.44. The van der Waals surface area contributed by atoms with Gasteiger partial charge in [0.05, 0.1) is 0 Å². The molecule has 0 radical (unpaired) electrons. The molecule has 0 aromatic carbocycles. The summed E-state index contributed by atoms with van der Waals surface area (Å²) in [6.07, 6.45) is -4.09. The second-order valence-corrected chi connectivity index (χ2v) is 3.30. The molecule has 5 heteroatoms. The fraction of sp³-hybridized carbons (Fsp3) is 1.00. The van der Waals surface area contributed by atoms with E-state index in [1.807, 2.05) is 27.7 Å². The number of nitrogens with zero attached hydrogens (tertiary/aromatic N) is 2. The number of hydrogen-bond donors (Lipinski definition) is 0. The molecule has 0 bridgehead atoms. The zero-order chi connectivity index (χ0) is 13.4. The lowest BCUT2D eigenvalue weighted by Crippen LogP contribution is -2.56. The summed E-state index contributed by atoms with van der Waals surface area (Å²) in [6, 6.07) is -1.30. The molecule has 1 unspecified atom stereocenters. The summed E-state index contributed by atoms with van der Waals surface area (Å²) in [4.78, 5) is 3.07. The normalized spacial score (nSPS) is 22.7. The van der Waals surface area contributed by atoms with E-state index in [0.717, 1.165) is 0 Å². The van der Waals surface area contributed by atoms with Crippen molar-refractivity contribution in [3.63, 3.8) is 0 Å². The lowest BCUT2D eigenvalue weighted by Gasteiger charge is -2.38. The van der Waals surface area contributed by atoms with Crippen molar-refractivity contribution < 1.29 is 13.2 Å². The van der Waals surface area contributed by atoms with Gasteiger partial charge in [-0.2, -0.15) is 13.2 Å². The Hall–Kier alpha value is -0.290. The van der Waals surface area contributed by atoms with Gasteiger partial charge in [0.15, 0.2) is 0 Å².